The van der Waals surface area contributed by atoms with E-state index in [0.717, 1.165) is 43.2 Å². The molecule has 2 aromatic heterocycles. The van der Waals surface area contributed by atoms with Crippen LogP contribution in [-0.4, -0.2) is 39.6 Å². The van der Waals surface area contributed by atoms with Crippen molar-refractivity contribution < 1.29 is 4.74 Å². The van der Waals surface area contributed by atoms with E-state index in [-0.39, 0.29) is 0 Å². The van der Waals surface area contributed by atoms with Crippen LogP contribution in [0.5, 0.6) is 0 Å². The number of hydrogen-bond acceptors (Lipinski definition) is 5. The fraction of sp³-hybridized carbons (Fsp3) is 0.643. The molecular formula is C14H19N5O. The molecule has 2 aromatic rings. The third-order valence-electron chi connectivity index (χ3n) is 4.12. The van der Waals surface area contributed by atoms with E-state index in [2.05, 4.69) is 26.7 Å². The Kier molecular flexibility index (Phi) is 3.03. The Morgan fingerprint density at radius 3 is 3.10 bits per heavy atom. The molecule has 1 aliphatic carbocycles. The molecule has 1 aliphatic heterocycles. The average molecular weight is 273 g/mol. The Morgan fingerprint density at radius 1 is 1.35 bits per heavy atom. The standard InChI is InChI=1S/C14H19N5O/c1-2-10(8-20-5-1)7-15-13-6-12(11-3-4-11)18-19-9-16-17-14(13)19/h6,9-11,15H,1-5,7-8H2. The highest BCUT2D eigenvalue weighted by Gasteiger charge is 2.26. The van der Waals surface area contributed by atoms with Crippen LogP contribution in [0.4, 0.5) is 5.69 Å². The normalized spacial score (nSPS) is 23.1. The summed E-state index contributed by atoms with van der Waals surface area (Å²) in [6, 6.07) is 2.14. The molecule has 0 aromatic carbocycles. The van der Waals surface area contributed by atoms with Crippen molar-refractivity contribution in [1.82, 2.24) is 19.8 Å². The zero-order valence-corrected chi connectivity index (χ0v) is 11.5. The number of ether oxygens (including phenoxy) is 1. The Labute approximate surface area is 117 Å². The molecule has 1 saturated carbocycles. The summed E-state index contributed by atoms with van der Waals surface area (Å²) in [5, 5.41) is 16.2. The topological polar surface area (TPSA) is 64.3 Å². The molecule has 2 aliphatic rings. The van der Waals surface area contributed by atoms with Gasteiger partial charge in [0.1, 0.15) is 6.33 Å². The lowest BCUT2D eigenvalue weighted by Crippen LogP contribution is -2.24. The second kappa shape index (κ2) is 5.01. The maximum atomic E-state index is 5.53. The first-order valence-corrected chi connectivity index (χ1v) is 7.43. The van der Waals surface area contributed by atoms with E-state index in [1.807, 2.05) is 0 Å². The second-order valence-electron chi connectivity index (χ2n) is 5.82. The van der Waals surface area contributed by atoms with Crippen LogP contribution < -0.4 is 5.32 Å². The highest BCUT2D eigenvalue weighted by atomic mass is 16.5. The maximum absolute atomic E-state index is 5.53. The van der Waals surface area contributed by atoms with Gasteiger partial charge in [-0.2, -0.15) is 9.61 Å². The minimum Gasteiger partial charge on any atom is -0.382 e. The fourth-order valence-corrected chi connectivity index (χ4v) is 2.78. The number of anilines is 1. The lowest BCUT2D eigenvalue weighted by Gasteiger charge is -2.22. The van der Waals surface area contributed by atoms with Gasteiger partial charge in [-0.3, -0.25) is 0 Å². The van der Waals surface area contributed by atoms with Gasteiger partial charge in [-0.15, -0.1) is 10.2 Å². The fourth-order valence-electron chi connectivity index (χ4n) is 2.78. The summed E-state index contributed by atoms with van der Waals surface area (Å²) < 4.78 is 7.31. The molecule has 0 radical (unpaired) electrons. The number of nitrogens with zero attached hydrogens (tertiary/aromatic N) is 4. The summed E-state index contributed by atoms with van der Waals surface area (Å²) in [5.41, 5.74) is 3.01. The molecule has 0 bridgehead atoms. The van der Waals surface area contributed by atoms with E-state index >= 15 is 0 Å². The summed E-state index contributed by atoms with van der Waals surface area (Å²) in [4.78, 5) is 0. The van der Waals surface area contributed by atoms with E-state index in [1.54, 1.807) is 10.8 Å². The van der Waals surface area contributed by atoms with Crippen LogP contribution in [-0.2, 0) is 4.74 Å². The van der Waals surface area contributed by atoms with Crippen molar-refractivity contribution in [1.29, 1.82) is 0 Å². The molecule has 1 N–H and O–H groups in total. The number of nitrogens with one attached hydrogen (secondary N) is 1. The molecule has 6 heteroatoms. The minimum atomic E-state index is 0.587. The van der Waals surface area contributed by atoms with Crippen LogP contribution >= 0.6 is 0 Å². The average Bonchev–Trinajstić information content (AvgIpc) is 3.24. The number of rotatable bonds is 4. The Hall–Kier alpha value is -1.69. The Morgan fingerprint density at radius 2 is 2.30 bits per heavy atom. The monoisotopic (exact) mass is 273 g/mol. The van der Waals surface area contributed by atoms with Crippen LogP contribution in [0.1, 0.15) is 37.3 Å². The van der Waals surface area contributed by atoms with E-state index in [1.165, 1.54) is 19.3 Å². The van der Waals surface area contributed by atoms with E-state index in [0.29, 0.717) is 11.8 Å². The quantitative estimate of drug-likeness (QED) is 0.921. The van der Waals surface area contributed by atoms with Gasteiger partial charge in [-0.25, -0.2) is 0 Å². The molecule has 1 atom stereocenters. The van der Waals surface area contributed by atoms with Gasteiger partial charge in [0.15, 0.2) is 0 Å². The maximum Gasteiger partial charge on any atom is 0.200 e. The van der Waals surface area contributed by atoms with Crippen molar-refractivity contribution in [2.24, 2.45) is 5.92 Å². The molecule has 6 nitrogen and oxygen atoms in total. The molecule has 0 spiro atoms. The molecular weight excluding hydrogens is 254 g/mol. The lowest BCUT2D eigenvalue weighted by molar-refractivity contribution is 0.0595. The molecule has 2 fully saturated rings. The summed E-state index contributed by atoms with van der Waals surface area (Å²) in [6.45, 7) is 2.69. The smallest absolute Gasteiger partial charge is 0.200 e. The molecule has 4 rings (SSSR count). The van der Waals surface area contributed by atoms with E-state index < -0.39 is 0 Å². The summed E-state index contributed by atoms with van der Waals surface area (Å²) in [7, 11) is 0. The number of fused-ring (bicyclic) bond motifs is 1. The van der Waals surface area contributed by atoms with Crippen molar-refractivity contribution in [3.05, 3.63) is 18.1 Å². The second-order valence-corrected chi connectivity index (χ2v) is 5.82. The van der Waals surface area contributed by atoms with Gasteiger partial charge in [0.25, 0.3) is 0 Å². The molecule has 0 amide bonds. The van der Waals surface area contributed by atoms with Crippen LogP contribution in [0.2, 0.25) is 0 Å². The number of hydrogen-bond donors (Lipinski definition) is 1. The summed E-state index contributed by atoms with van der Waals surface area (Å²) in [6.07, 6.45) is 6.57. The zero-order valence-electron chi connectivity index (χ0n) is 11.5. The SMILES string of the molecule is c1c(C2CC2)nn2cnnc2c1NCC1CCCOC1. The predicted molar refractivity (Wildman–Crippen MR) is 74.8 cm³/mol. The first-order valence-electron chi connectivity index (χ1n) is 7.43. The molecule has 3 heterocycles. The van der Waals surface area contributed by atoms with Gasteiger partial charge < -0.3 is 10.1 Å². The van der Waals surface area contributed by atoms with Crippen LogP contribution in [0, 0.1) is 5.92 Å². The molecule has 1 unspecified atom stereocenters. The van der Waals surface area contributed by atoms with Gasteiger partial charge in [-0.1, -0.05) is 0 Å². The van der Waals surface area contributed by atoms with Gasteiger partial charge >= 0.3 is 0 Å². The van der Waals surface area contributed by atoms with Crippen molar-refractivity contribution in [3.8, 4) is 0 Å². The van der Waals surface area contributed by atoms with Gasteiger partial charge in [0.05, 0.1) is 18.0 Å². The summed E-state index contributed by atoms with van der Waals surface area (Å²) >= 11 is 0. The zero-order chi connectivity index (χ0) is 13.4. The van der Waals surface area contributed by atoms with Gasteiger partial charge in [0, 0.05) is 19.1 Å². The first-order chi connectivity index (χ1) is 9.90. The Bertz CT molecular complexity index is 601. The van der Waals surface area contributed by atoms with Crippen LogP contribution in [0.25, 0.3) is 5.65 Å². The van der Waals surface area contributed by atoms with E-state index in [4.69, 9.17) is 4.74 Å². The van der Waals surface area contributed by atoms with Crippen molar-refractivity contribution in [2.45, 2.75) is 31.6 Å². The third-order valence-corrected chi connectivity index (χ3v) is 4.12. The lowest BCUT2D eigenvalue weighted by atomic mass is 10.0. The van der Waals surface area contributed by atoms with Crippen molar-refractivity contribution in [3.63, 3.8) is 0 Å². The first kappa shape index (κ1) is 12.1. The molecule has 1 saturated heterocycles. The minimum absolute atomic E-state index is 0.587. The molecule has 106 valence electrons. The highest BCUT2D eigenvalue weighted by molar-refractivity contribution is 5.66. The largest absolute Gasteiger partial charge is 0.382 e. The van der Waals surface area contributed by atoms with Gasteiger partial charge in [-0.05, 0) is 37.7 Å². The highest BCUT2D eigenvalue weighted by Crippen LogP contribution is 2.39. The molecule has 20 heavy (non-hydrogen) atoms. The predicted octanol–water partition coefficient (Wildman–Crippen LogP) is 1.84. The summed E-state index contributed by atoms with van der Waals surface area (Å²) in [5.74, 6) is 1.21. The number of aromatic nitrogens is 4. The van der Waals surface area contributed by atoms with Crippen LogP contribution in [0.3, 0.4) is 0 Å². The van der Waals surface area contributed by atoms with Crippen molar-refractivity contribution >= 4 is 11.3 Å². The third kappa shape index (κ3) is 2.35. The van der Waals surface area contributed by atoms with Crippen molar-refractivity contribution in [2.75, 3.05) is 25.1 Å². The van der Waals surface area contributed by atoms with Gasteiger partial charge in [0.2, 0.25) is 5.65 Å². The van der Waals surface area contributed by atoms with Crippen LogP contribution in [0.15, 0.2) is 12.4 Å². The van der Waals surface area contributed by atoms with E-state index in [9.17, 15) is 0 Å². The Balaban J connectivity index is 1.55.